The summed E-state index contributed by atoms with van der Waals surface area (Å²) in [4.78, 5) is 24.5. The average molecular weight is 267 g/mol. The number of carboxylic acid groups (broad SMARTS) is 1. The van der Waals surface area contributed by atoms with Crippen molar-refractivity contribution >= 4 is 23.2 Å². The van der Waals surface area contributed by atoms with Crippen molar-refractivity contribution in [2.45, 2.75) is 32.7 Å². The summed E-state index contributed by atoms with van der Waals surface area (Å²) < 4.78 is 0. The van der Waals surface area contributed by atoms with E-state index in [-0.39, 0.29) is 5.91 Å². The largest absolute Gasteiger partial charge is 0.480 e. The minimum Gasteiger partial charge on any atom is -0.480 e. The summed E-state index contributed by atoms with van der Waals surface area (Å²) in [6.45, 7) is 7.40. The van der Waals surface area contributed by atoms with Gasteiger partial charge in [-0.15, -0.1) is 17.9 Å². The Labute approximate surface area is 110 Å². The third kappa shape index (κ3) is 3.70. The first kappa shape index (κ1) is 14.4. The van der Waals surface area contributed by atoms with E-state index in [1.807, 2.05) is 13.8 Å². The molecule has 0 radical (unpaired) electrons. The molecular weight excluding hydrogens is 250 g/mol. The van der Waals surface area contributed by atoms with Gasteiger partial charge < -0.3 is 10.4 Å². The number of carbonyl (C=O) groups is 2. The van der Waals surface area contributed by atoms with Gasteiger partial charge in [-0.25, -0.2) is 4.79 Å². The van der Waals surface area contributed by atoms with Crippen LogP contribution in [0.4, 0.5) is 0 Å². The van der Waals surface area contributed by atoms with Crippen LogP contribution in [-0.2, 0) is 4.79 Å². The fraction of sp³-hybridized carbons (Fsp3) is 0.385. The van der Waals surface area contributed by atoms with Crippen molar-refractivity contribution < 1.29 is 14.7 Å². The van der Waals surface area contributed by atoms with Gasteiger partial charge in [0.05, 0.1) is 4.88 Å². The van der Waals surface area contributed by atoms with Crippen LogP contribution in [0.2, 0.25) is 0 Å². The fourth-order valence-corrected chi connectivity index (χ4v) is 2.39. The summed E-state index contributed by atoms with van der Waals surface area (Å²) in [5.74, 6) is -1.34. The Balaban J connectivity index is 2.71. The Morgan fingerprint density at radius 1 is 1.56 bits per heavy atom. The molecule has 1 aromatic heterocycles. The van der Waals surface area contributed by atoms with Gasteiger partial charge in [-0.3, -0.25) is 4.79 Å². The Kier molecular flexibility index (Phi) is 5.09. The fourth-order valence-electron chi connectivity index (χ4n) is 1.46. The molecule has 1 rings (SSSR count). The highest BCUT2D eigenvalue weighted by Crippen LogP contribution is 2.20. The van der Waals surface area contributed by atoms with E-state index in [1.165, 1.54) is 11.3 Å². The van der Waals surface area contributed by atoms with Crippen LogP contribution in [0.15, 0.2) is 18.7 Å². The predicted octanol–water partition coefficient (Wildman–Crippen LogP) is 2.51. The van der Waals surface area contributed by atoms with Crippen LogP contribution in [0.5, 0.6) is 0 Å². The number of thiophene rings is 1. The third-order valence-electron chi connectivity index (χ3n) is 2.65. The van der Waals surface area contributed by atoms with Crippen molar-refractivity contribution in [1.29, 1.82) is 0 Å². The highest BCUT2D eigenvalue weighted by molar-refractivity contribution is 7.14. The standard InChI is InChI=1S/C13H17NO3S/c1-4-5-6-10(13(16)17)14-12(15)11-7-8(2)9(3)18-11/h4,7,10H,1,5-6H2,2-3H3,(H,14,15)(H,16,17). The van der Waals surface area contributed by atoms with Crippen molar-refractivity contribution in [3.8, 4) is 0 Å². The zero-order chi connectivity index (χ0) is 13.7. The Morgan fingerprint density at radius 2 is 2.22 bits per heavy atom. The minimum absolute atomic E-state index is 0.326. The van der Waals surface area contributed by atoms with Crippen LogP contribution < -0.4 is 5.32 Å². The average Bonchev–Trinajstić information content (AvgIpc) is 2.64. The quantitative estimate of drug-likeness (QED) is 0.778. The maximum Gasteiger partial charge on any atom is 0.326 e. The van der Waals surface area contributed by atoms with Crippen LogP contribution in [0, 0.1) is 13.8 Å². The van der Waals surface area contributed by atoms with E-state index in [1.54, 1.807) is 12.1 Å². The van der Waals surface area contributed by atoms with Gasteiger partial charge in [0.2, 0.25) is 0 Å². The molecule has 0 saturated carbocycles. The molecule has 0 saturated heterocycles. The van der Waals surface area contributed by atoms with E-state index >= 15 is 0 Å². The lowest BCUT2D eigenvalue weighted by molar-refractivity contribution is -0.139. The van der Waals surface area contributed by atoms with E-state index in [9.17, 15) is 9.59 Å². The van der Waals surface area contributed by atoms with Gasteiger partial charge in [0.1, 0.15) is 6.04 Å². The molecule has 4 nitrogen and oxygen atoms in total. The molecule has 1 amide bonds. The van der Waals surface area contributed by atoms with Gasteiger partial charge in [-0.2, -0.15) is 0 Å². The van der Waals surface area contributed by atoms with E-state index < -0.39 is 12.0 Å². The van der Waals surface area contributed by atoms with Crippen molar-refractivity contribution in [2.24, 2.45) is 0 Å². The van der Waals surface area contributed by atoms with Crippen molar-refractivity contribution in [3.05, 3.63) is 34.0 Å². The van der Waals surface area contributed by atoms with Gasteiger partial charge in [0, 0.05) is 4.88 Å². The number of nitrogens with one attached hydrogen (secondary N) is 1. The van der Waals surface area contributed by atoms with E-state index in [0.29, 0.717) is 17.7 Å². The number of amides is 1. The number of allylic oxidation sites excluding steroid dienone is 1. The molecule has 0 aliphatic rings. The van der Waals surface area contributed by atoms with Gasteiger partial charge >= 0.3 is 5.97 Å². The van der Waals surface area contributed by atoms with Crippen molar-refractivity contribution in [3.63, 3.8) is 0 Å². The summed E-state index contributed by atoms with van der Waals surface area (Å²) in [6.07, 6.45) is 2.55. The van der Waals surface area contributed by atoms with Gasteiger partial charge in [0.15, 0.2) is 0 Å². The normalized spacial score (nSPS) is 11.9. The molecule has 1 atom stereocenters. The van der Waals surface area contributed by atoms with Crippen LogP contribution in [0.1, 0.15) is 33.0 Å². The SMILES string of the molecule is C=CCCC(NC(=O)c1cc(C)c(C)s1)C(=O)O. The molecule has 5 heteroatoms. The topological polar surface area (TPSA) is 66.4 Å². The summed E-state index contributed by atoms with van der Waals surface area (Å²) in [5, 5.41) is 11.5. The molecule has 1 unspecified atom stereocenters. The summed E-state index contributed by atoms with van der Waals surface area (Å²) in [5.41, 5.74) is 1.04. The number of aliphatic carboxylic acids is 1. The maximum absolute atomic E-state index is 11.9. The summed E-state index contributed by atoms with van der Waals surface area (Å²) >= 11 is 1.37. The third-order valence-corrected chi connectivity index (χ3v) is 3.80. The number of rotatable bonds is 6. The lowest BCUT2D eigenvalue weighted by atomic mass is 10.1. The molecule has 2 N–H and O–H groups in total. The first-order chi connectivity index (χ1) is 8.45. The van der Waals surface area contributed by atoms with Gasteiger partial charge in [-0.05, 0) is 38.3 Å². The number of carboxylic acids is 1. The second-order valence-electron chi connectivity index (χ2n) is 4.08. The van der Waals surface area contributed by atoms with Gasteiger partial charge in [-0.1, -0.05) is 6.08 Å². The highest BCUT2D eigenvalue weighted by Gasteiger charge is 2.20. The molecule has 0 aromatic carbocycles. The van der Waals surface area contributed by atoms with Crippen LogP contribution in [0.3, 0.4) is 0 Å². The number of aryl methyl sites for hydroxylation is 2. The second kappa shape index (κ2) is 6.35. The lowest BCUT2D eigenvalue weighted by Crippen LogP contribution is -2.40. The maximum atomic E-state index is 11.9. The van der Waals surface area contributed by atoms with Crippen LogP contribution in [-0.4, -0.2) is 23.0 Å². The lowest BCUT2D eigenvalue weighted by Gasteiger charge is -2.12. The Hall–Kier alpha value is -1.62. The second-order valence-corrected chi connectivity index (χ2v) is 5.34. The molecular formula is C13H17NO3S. The van der Waals surface area contributed by atoms with Crippen molar-refractivity contribution in [1.82, 2.24) is 5.32 Å². The number of hydrogen-bond donors (Lipinski definition) is 2. The van der Waals surface area contributed by atoms with E-state index in [0.717, 1.165) is 10.4 Å². The molecule has 98 valence electrons. The zero-order valence-corrected chi connectivity index (χ0v) is 11.3. The molecule has 1 heterocycles. The summed E-state index contributed by atoms with van der Waals surface area (Å²) in [7, 11) is 0. The summed E-state index contributed by atoms with van der Waals surface area (Å²) in [6, 6.07) is 0.917. The molecule has 0 spiro atoms. The van der Waals surface area contributed by atoms with Gasteiger partial charge in [0.25, 0.3) is 5.91 Å². The van der Waals surface area contributed by atoms with E-state index in [4.69, 9.17) is 5.11 Å². The number of hydrogen-bond acceptors (Lipinski definition) is 3. The predicted molar refractivity (Wildman–Crippen MR) is 72.1 cm³/mol. The van der Waals surface area contributed by atoms with Crippen LogP contribution >= 0.6 is 11.3 Å². The zero-order valence-electron chi connectivity index (χ0n) is 10.5. The molecule has 1 aromatic rings. The Bertz CT molecular complexity index is 445. The number of carbonyl (C=O) groups excluding carboxylic acids is 1. The highest BCUT2D eigenvalue weighted by atomic mass is 32.1. The monoisotopic (exact) mass is 267 g/mol. The smallest absolute Gasteiger partial charge is 0.326 e. The molecule has 0 aliphatic carbocycles. The first-order valence-corrected chi connectivity index (χ1v) is 6.49. The molecule has 0 bridgehead atoms. The molecule has 0 fully saturated rings. The first-order valence-electron chi connectivity index (χ1n) is 5.67. The van der Waals surface area contributed by atoms with Crippen molar-refractivity contribution in [2.75, 3.05) is 0 Å². The Morgan fingerprint density at radius 3 is 2.67 bits per heavy atom. The minimum atomic E-state index is -1.02. The molecule has 18 heavy (non-hydrogen) atoms. The van der Waals surface area contributed by atoms with Crippen LogP contribution in [0.25, 0.3) is 0 Å². The van der Waals surface area contributed by atoms with E-state index in [2.05, 4.69) is 11.9 Å². The molecule has 0 aliphatic heterocycles.